The number of amides is 2. The summed E-state index contributed by atoms with van der Waals surface area (Å²) in [4.78, 5) is 41.2. The third-order valence-corrected chi connectivity index (χ3v) is 4.95. The van der Waals surface area contributed by atoms with Crippen molar-refractivity contribution in [2.24, 2.45) is 22.8 Å². The molecule has 1 aromatic heterocycles. The number of nitrogens with zero attached hydrogens (tertiary/aromatic N) is 2. The first-order valence-electron chi connectivity index (χ1n) is 10.1. The highest BCUT2D eigenvalue weighted by Gasteiger charge is 2.48. The van der Waals surface area contributed by atoms with Gasteiger partial charge in [0.1, 0.15) is 5.69 Å². The molecule has 162 valence electrons. The van der Waals surface area contributed by atoms with Crippen LogP contribution < -0.4 is 21.2 Å². The summed E-state index contributed by atoms with van der Waals surface area (Å²) in [5.41, 5.74) is 2.42. The molecule has 0 saturated heterocycles. The number of carbonyl (C=O) groups excluding carboxylic acids is 3. The van der Waals surface area contributed by atoms with Gasteiger partial charge in [-0.15, -0.1) is 0 Å². The van der Waals surface area contributed by atoms with Crippen LogP contribution in [0.1, 0.15) is 37.9 Å². The van der Waals surface area contributed by atoms with Gasteiger partial charge >= 0.3 is 5.97 Å². The minimum atomic E-state index is -0.455. The summed E-state index contributed by atoms with van der Waals surface area (Å²) in [7, 11) is 0. The zero-order valence-electron chi connectivity index (χ0n) is 17.4. The SMILES string of the molecule is CCC(=O)Oc1ccnc(CC)c1NC(=O)C1CC1C(=O)Nc1ccc(C=NN)cc1. The van der Waals surface area contributed by atoms with Gasteiger partial charge in [0.2, 0.25) is 11.8 Å². The Morgan fingerprint density at radius 1 is 1.13 bits per heavy atom. The first-order chi connectivity index (χ1) is 15.0. The number of hydrogen-bond donors (Lipinski definition) is 3. The molecule has 0 bridgehead atoms. The minimum Gasteiger partial charge on any atom is -0.424 e. The van der Waals surface area contributed by atoms with E-state index in [1.54, 1.807) is 37.3 Å². The quantitative estimate of drug-likeness (QED) is 0.258. The van der Waals surface area contributed by atoms with E-state index >= 15 is 0 Å². The Hall–Kier alpha value is -3.75. The van der Waals surface area contributed by atoms with Crippen molar-refractivity contribution in [3.05, 3.63) is 47.8 Å². The summed E-state index contributed by atoms with van der Waals surface area (Å²) in [5, 5.41) is 9.07. The molecule has 1 saturated carbocycles. The number of aromatic nitrogens is 1. The summed E-state index contributed by atoms with van der Waals surface area (Å²) < 4.78 is 5.33. The molecule has 1 aliphatic carbocycles. The highest BCUT2D eigenvalue weighted by molar-refractivity contribution is 6.04. The molecule has 1 aromatic carbocycles. The number of anilines is 2. The molecular formula is C22H25N5O4. The Kier molecular flexibility index (Phi) is 6.96. The molecule has 2 unspecified atom stereocenters. The fourth-order valence-electron chi connectivity index (χ4n) is 3.13. The fourth-order valence-corrected chi connectivity index (χ4v) is 3.13. The average Bonchev–Trinajstić information content (AvgIpc) is 3.57. The molecule has 9 nitrogen and oxygen atoms in total. The third-order valence-electron chi connectivity index (χ3n) is 4.95. The van der Waals surface area contributed by atoms with Gasteiger partial charge in [-0.1, -0.05) is 26.0 Å². The van der Waals surface area contributed by atoms with Crippen molar-refractivity contribution in [3.63, 3.8) is 0 Å². The van der Waals surface area contributed by atoms with Crippen LogP contribution in [0.3, 0.4) is 0 Å². The molecule has 4 N–H and O–H groups in total. The maximum atomic E-state index is 12.7. The van der Waals surface area contributed by atoms with E-state index in [-0.39, 0.29) is 24.0 Å². The summed E-state index contributed by atoms with van der Waals surface area (Å²) in [5.74, 6) is 3.57. The lowest BCUT2D eigenvalue weighted by Crippen LogP contribution is -2.22. The molecule has 0 radical (unpaired) electrons. The van der Waals surface area contributed by atoms with E-state index in [0.29, 0.717) is 29.9 Å². The van der Waals surface area contributed by atoms with Gasteiger partial charge in [-0.3, -0.25) is 19.4 Å². The molecule has 2 amide bonds. The summed E-state index contributed by atoms with van der Waals surface area (Å²) in [6.45, 7) is 3.58. The number of nitrogens with one attached hydrogen (secondary N) is 2. The molecule has 1 fully saturated rings. The van der Waals surface area contributed by atoms with Crippen LogP contribution in [-0.2, 0) is 20.8 Å². The number of rotatable bonds is 8. The Labute approximate surface area is 180 Å². The van der Waals surface area contributed by atoms with E-state index in [4.69, 9.17) is 10.6 Å². The second kappa shape index (κ2) is 9.84. The Morgan fingerprint density at radius 3 is 2.42 bits per heavy atom. The lowest BCUT2D eigenvalue weighted by molar-refractivity contribution is -0.134. The molecule has 2 aromatic rings. The number of esters is 1. The highest BCUT2D eigenvalue weighted by atomic mass is 16.5. The van der Waals surface area contributed by atoms with Crippen molar-refractivity contribution in [1.82, 2.24) is 4.98 Å². The minimum absolute atomic E-state index is 0.210. The van der Waals surface area contributed by atoms with Crippen LogP contribution in [0.4, 0.5) is 11.4 Å². The zero-order valence-corrected chi connectivity index (χ0v) is 17.4. The van der Waals surface area contributed by atoms with Gasteiger partial charge in [0.05, 0.1) is 23.7 Å². The molecule has 1 aliphatic rings. The highest BCUT2D eigenvalue weighted by Crippen LogP contribution is 2.41. The summed E-state index contributed by atoms with van der Waals surface area (Å²) >= 11 is 0. The van der Waals surface area contributed by atoms with Gasteiger partial charge in [0, 0.05) is 24.4 Å². The second-order valence-corrected chi connectivity index (χ2v) is 7.14. The maximum Gasteiger partial charge on any atom is 0.310 e. The number of aryl methyl sites for hydroxylation is 1. The Balaban J connectivity index is 1.63. The molecule has 9 heteroatoms. The van der Waals surface area contributed by atoms with Gasteiger partial charge in [-0.05, 0) is 30.5 Å². The Bertz CT molecular complexity index is 1000. The van der Waals surface area contributed by atoms with E-state index in [0.717, 1.165) is 5.56 Å². The molecule has 31 heavy (non-hydrogen) atoms. The van der Waals surface area contributed by atoms with E-state index in [9.17, 15) is 14.4 Å². The summed E-state index contributed by atoms with van der Waals surface area (Å²) in [6, 6.07) is 8.57. The largest absolute Gasteiger partial charge is 0.424 e. The van der Waals surface area contributed by atoms with Gasteiger partial charge < -0.3 is 21.2 Å². The summed E-state index contributed by atoms with van der Waals surface area (Å²) in [6.07, 6.45) is 4.24. The number of nitrogens with two attached hydrogens (primary N) is 1. The number of benzene rings is 1. The maximum absolute atomic E-state index is 12.7. The van der Waals surface area contributed by atoms with E-state index < -0.39 is 17.8 Å². The molecule has 3 rings (SSSR count). The van der Waals surface area contributed by atoms with Crippen LogP contribution in [0.2, 0.25) is 0 Å². The predicted molar refractivity (Wildman–Crippen MR) is 117 cm³/mol. The van der Waals surface area contributed by atoms with Crippen molar-refractivity contribution >= 4 is 35.4 Å². The van der Waals surface area contributed by atoms with Crippen LogP contribution in [0, 0.1) is 11.8 Å². The van der Waals surface area contributed by atoms with Crippen LogP contribution in [0.25, 0.3) is 0 Å². The number of pyridine rings is 1. The number of carbonyl (C=O) groups is 3. The van der Waals surface area contributed by atoms with Crippen LogP contribution in [0.5, 0.6) is 5.75 Å². The molecule has 1 heterocycles. The van der Waals surface area contributed by atoms with Crippen molar-refractivity contribution < 1.29 is 19.1 Å². The molecule has 2 atom stereocenters. The number of ether oxygens (including phenoxy) is 1. The van der Waals surface area contributed by atoms with Crippen molar-refractivity contribution in [3.8, 4) is 5.75 Å². The third kappa shape index (κ3) is 5.44. The van der Waals surface area contributed by atoms with Gasteiger partial charge in [-0.25, -0.2) is 0 Å². The Morgan fingerprint density at radius 2 is 1.81 bits per heavy atom. The first kappa shape index (κ1) is 21.9. The van der Waals surface area contributed by atoms with E-state index in [2.05, 4.69) is 20.7 Å². The van der Waals surface area contributed by atoms with Crippen molar-refractivity contribution in [1.29, 1.82) is 0 Å². The number of hydrazone groups is 1. The van der Waals surface area contributed by atoms with Gasteiger partial charge in [0.25, 0.3) is 0 Å². The molecular weight excluding hydrogens is 398 g/mol. The van der Waals surface area contributed by atoms with Crippen LogP contribution >= 0.6 is 0 Å². The van der Waals surface area contributed by atoms with Crippen molar-refractivity contribution in [2.45, 2.75) is 33.1 Å². The standard InChI is InChI=1S/C22H25N5O4/c1-3-17-20(18(9-10-24-17)31-19(28)4-2)27-22(30)16-11-15(16)21(29)26-14-7-5-13(6-8-14)12-25-23/h5-10,12,15-16H,3-4,11,23H2,1-2H3,(H,26,29)(H,27,30). The average molecular weight is 423 g/mol. The topological polar surface area (TPSA) is 136 Å². The fraction of sp³-hybridized carbons (Fsp3) is 0.318. The van der Waals surface area contributed by atoms with E-state index in [1.165, 1.54) is 12.4 Å². The van der Waals surface area contributed by atoms with Gasteiger partial charge in [0.15, 0.2) is 5.75 Å². The van der Waals surface area contributed by atoms with Crippen LogP contribution in [0.15, 0.2) is 41.6 Å². The molecule has 0 aliphatic heterocycles. The van der Waals surface area contributed by atoms with Crippen molar-refractivity contribution in [2.75, 3.05) is 10.6 Å². The predicted octanol–water partition coefficient (Wildman–Crippen LogP) is 2.47. The zero-order chi connectivity index (χ0) is 22.4. The van der Waals surface area contributed by atoms with Gasteiger partial charge in [-0.2, -0.15) is 5.10 Å². The number of hydrogen-bond acceptors (Lipinski definition) is 7. The van der Waals surface area contributed by atoms with Crippen LogP contribution in [-0.4, -0.2) is 29.0 Å². The first-order valence-corrected chi connectivity index (χ1v) is 10.1. The molecule has 0 spiro atoms. The normalized spacial score (nSPS) is 17.2. The lowest BCUT2D eigenvalue weighted by atomic mass is 10.2. The second-order valence-electron chi connectivity index (χ2n) is 7.14. The smallest absolute Gasteiger partial charge is 0.310 e. The van der Waals surface area contributed by atoms with E-state index in [1.807, 2.05) is 6.92 Å². The monoisotopic (exact) mass is 423 g/mol. The lowest BCUT2D eigenvalue weighted by Gasteiger charge is -2.14.